The first-order chi connectivity index (χ1) is 8.88. The summed E-state index contributed by atoms with van der Waals surface area (Å²) in [5.41, 5.74) is 2.58. The van der Waals surface area contributed by atoms with Gasteiger partial charge in [-0.2, -0.15) is 16.7 Å². The van der Waals surface area contributed by atoms with Crippen LogP contribution in [-0.4, -0.2) is 29.6 Å². The zero-order chi connectivity index (χ0) is 12.4. The molecule has 0 aromatic carbocycles. The third kappa shape index (κ3) is 2.28. The highest BCUT2D eigenvalue weighted by Crippen LogP contribution is 2.34. The van der Waals surface area contributed by atoms with Crippen molar-refractivity contribution in [1.82, 2.24) is 9.97 Å². The molecule has 3 heterocycles. The molecule has 98 valence electrons. The second-order valence-corrected chi connectivity index (χ2v) is 5.90. The maximum atomic E-state index is 4.76. The SMILES string of the molecule is CCCNc1nc(N2CCCC2)nc2c1CSC2. The summed E-state index contributed by atoms with van der Waals surface area (Å²) >= 11 is 1.94. The van der Waals surface area contributed by atoms with Crippen molar-refractivity contribution in [2.75, 3.05) is 29.9 Å². The van der Waals surface area contributed by atoms with Gasteiger partial charge < -0.3 is 10.2 Å². The fourth-order valence-corrected chi connectivity index (χ4v) is 3.53. The van der Waals surface area contributed by atoms with Gasteiger partial charge in [-0.05, 0) is 19.3 Å². The molecule has 1 aromatic rings. The number of anilines is 2. The summed E-state index contributed by atoms with van der Waals surface area (Å²) in [6.07, 6.45) is 3.67. The van der Waals surface area contributed by atoms with Gasteiger partial charge in [0.25, 0.3) is 0 Å². The van der Waals surface area contributed by atoms with E-state index in [-0.39, 0.29) is 0 Å². The van der Waals surface area contributed by atoms with Crippen LogP contribution in [0.25, 0.3) is 0 Å². The zero-order valence-corrected chi connectivity index (χ0v) is 11.7. The quantitative estimate of drug-likeness (QED) is 0.905. The van der Waals surface area contributed by atoms with Crippen molar-refractivity contribution in [2.45, 2.75) is 37.7 Å². The van der Waals surface area contributed by atoms with Crippen molar-refractivity contribution in [2.24, 2.45) is 0 Å². The lowest BCUT2D eigenvalue weighted by molar-refractivity contribution is 0.876. The molecule has 5 heteroatoms. The Labute approximate surface area is 113 Å². The van der Waals surface area contributed by atoms with Crippen molar-refractivity contribution in [3.05, 3.63) is 11.3 Å². The van der Waals surface area contributed by atoms with Crippen molar-refractivity contribution in [3.8, 4) is 0 Å². The highest BCUT2D eigenvalue weighted by Gasteiger charge is 2.23. The Morgan fingerprint density at radius 1 is 1.22 bits per heavy atom. The summed E-state index contributed by atoms with van der Waals surface area (Å²) in [7, 11) is 0. The lowest BCUT2D eigenvalue weighted by Crippen LogP contribution is -2.22. The number of aromatic nitrogens is 2. The van der Waals surface area contributed by atoms with Crippen molar-refractivity contribution in [3.63, 3.8) is 0 Å². The number of hydrogen-bond donors (Lipinski definition) is 1. The van der Waals surface area contributed by atoms with E-state index in [1.807, 2.05) is 11.8 Å². The third-order valence-electron chi connectivity index (χ3n) is 3.50. The molecule has 2 aliphatic rings. The van der Waals surface area contributed by atoms with Gasteiger partial charge in [0.2, 0.25) is 5.95 Å². The van der Waals surface area contributed by atoms with Gasteiger partial charge in [-0.25, -0.2) is 4.98 Å². The van der Waals surface area contributed by atoms with Crippen molar-refractivity contribution < 1.29 is 0 Å². The second-order valence-electron chi connectivity index (χ2n) is 4.91. The van der Waals surface area contributed by atoms with Gasteiger partial charge in [0.1, 0.15) is 5.82 Å². The number of thioether (sulfide) groups is 1. The van der Waals surface area contributed by atoms with E-state index < -0.39 is 0 Å². The molecule has 0 atom stereocenters. The fraction of sp³-hybridized carbons (Fsp3) is 0.692. The number of nitrogens with one attached hydrogen (secondary N) is 1. The molecule has 0 bridgehead atoms. The van der Waals surface area contributed by atoms with Gasteiger partial charge >= 0.3 is 0 Å². The van der Waals surface area contributed by atoms with Crippen LogP contribution in [0, 0.1) is 0 Å². The molecular weight excluding hydrogens is 244 g/mol. The standard InChI is InChI=1S/C13H20N4S/c1-2-5-14-12-10-8-18-9-11(10)15-13(16-12)17-6-3-4-7-17/h2-9H2,1H3,(H,14,15,16). The molecule has 0 radical (unpaired) electrons. The molecular formula is C13H20N4S. The number of nitrogens with zero attached hydrogens (tertiary/aromatic N) is 3. The van der Waals surface area contributed by atoms with Crippen LogP contribution in [0.1, 0.15) is 37.4 Å². The molecule has 1 fully saturated rings. The van der Waals surface area contributed by atoms with E-state index in [1.54, 1.807) is 0 Å². The smallest absolute Gasteiger partial charge is 0.227 e. The van der Waals surface area contributed by atoms with Gasteiger partial charge in [0.05, 0.1) is 5.69 Å². The predicted molar refractivity (Wildman–Crippen MR) is 77.3 cm³/mol. The summed E-state index contributed by atoms with van der Waals surface area (Å²) in [6.45, 7) is 5.40. The monoisotopic (exact) mass is 264 g/mol. The lowest BCUT2D eigenvalue weighted by atomic mass is 10.2. The van der Waals surface area contributed by atoms with E-state index in [0.717, 1.165) is 49.3 Å². The molecule has 0 amide bonds. The van der Waals surface area contributed by atoms with Gasteiger partial charge in [-0.1, -0.05) is 6.92 Å². The number of hydrogen-bond acceptors (Lipinski definition) is 5. The Hall–Kier alpha value is -0.970. The molecule has 1 saturated heterocycles. The lowest BCUT2D eigenvalue weighted by Gasteiger charge is -2.18. The first-order valence-electron chi connectivity index (χ1n) is 6.85. The van der Waals surface area contributed by atoms with Crippen LogP contribution in [0.15, 0.2) is 0 Å². The van der Waals surface area contributed by atoms with Gasteiger partial charge in [-0.3, -0.25) is 0 Å². The highest BCUT2D eigenvalue weighted by molar-refractivity contribution is 7.98. The molecule has 3 rings (SSSR count). The average molecular weight is 264 g/mol. The maximum absolute atomic E-state index is 4.76. The molecule has 0 saturated carbocycles. The molecule has 2 aliphatic heterocycles. The maximum Gasteiger partial charge on any atom is 0.227 e. The fourth-order valence-electron chi connectivity index (χ4n) is 2.49. The molecule has 0 unspecified atom stereocenters. The van der Waals surface area contributed by atoms with Crippen LogP contribution < -0.4 is 10.2 Å². The largest absolute Gasteiger partial charge is 0.370 e. The van der Waals surface area contributed by atoms with Crippen molar-refractivity contribution in [1.29, 1.82) is 0 Å². The summed E-state index contributed by atoms with van der Waals surface area (Å²) in [5.74, 6) is 4.11. The summed E-state index contributed by atoms with van der Waals surface area (Å²) in [4.78, 5) is 11.8. The summed E-state index contributed by atoms with van der Waals surface area (Å²) in [6, 6.07) is 0. The topological polar surface area (TPSA) is 41.1 Å². The second kappa shape index (κ2) is 5.34. The van der Waals surface area contributed by atoms with Crippen LogP contribution in [0.4, 0.5) is 11.8 Å². The number of rotatable bonds is 4. The van der Waals surface area contributed by atoms with Crippen LogP contribution in [0.5, 0.6) is 0 Å². The third-order valence-corrected chi connectivity index (χ3v) is 4.47. The van der Waals surface area contributed by atoms with Crippen LogP contribution in [-0.2, 0) is 11.5 Å². The summed E-state index contributed by atoms with van der Waals surface area (Å²) < 4.78 is 0. The molecule has 1 N–H and O–H groups in total. The Morgan fingerprint density at radius 3 is 2.83 bits per heavy atom. The first-order valence-corrected chi connectivity index (χ1v) is 8.00. The van der Waals surface area contributed by atoms with Gasteiger partial charge in [0.15, 0.2) is 0 Å². The van der Waals surface area contributed by atoms with E-state index in [9.17, 15) is 0 Å². The normalized spacial score (nSPS) is 18.2. The zero-order valence-electron chi connectivity index (χ0n) is 10.9. The molecule has 4 nitrogen and oxygen atoms in total. The number of fused-ring (bicyclic) bond motifs is 1. The van der Waals surface area contributed by atoms with Crippen LogP contribution >= 0.6 is 11.8 Å². The minimum atomic E-state index is 0.937. The van der Waals surface area contributed by atoms with Crippen LogP contribution in [0.3, 0.4) is 0 Å². The molecule has 1 aromatic heterocycles. The molecule has 0 aliphatic carbocycles. The van der Waals surface area contributed by atoms with Gasteiger partial charge in [-0.15, -0.1) is 0 Å². The van der Waals surface area contributed by atoms with E-state index in [2.05, 4.69) is 17.1 Å². The Kier molecular flexibility index (Phi) is 3.59. The van der Waals surface area contributed by atoms with E-state index in [4.69, 9.17) is 9.97 Å². The predicted octanol–water partition coefficient (Wildman–Crippen LogP) is 2.65. The molecule has 0 spiro atoms. The Balaban J connectivity index is 1.90. The minimum absolute atomic E-state index is 0.937. The summed E-state index contributed by atoms with van der Waals surface area (Å²) in [5, 5.41) is 3.47. The first kappa shape index (κ1) is 12.1. The average Bonchev–Trinajstić information content (AvgIpc) is 3.05. The van der Waals surface area contributed by atoms with E-state index >= 15 is 0 Å². The Bertz CT molecular complexity index is 429. The minimum Gasteiger partial charge on any atom is -0.370 e. The highest BCUT2D eigenvalue weighted by atomic mass is 32.2. The van der Waals surface area contributed by atoms with E-state index in [1.165, 1.54) is 24.1 Å². The van der Waals surface area contributed by atoms with Gasteiger partial charge in [0, 0.05) is 36.7 Å². The van der Waals surface area contributed by atoms with Crippen molar-refractivity contribution >= 4 is 23.5 Å². The molecule has 18 heavy (non-hydrogen) atoms. The Morgan fingerprint density at radius 2 is 2.06 bits per heavy atom. The van der Waals surface area contributed by atoms with Crippen LogP contribution in [0.2, 0.25) is 0 Å². The van der Waals surface area contributed by atoms with E-state index in [0.29, 0.717) is 0 Å².